The Bertz CT molecular complexity index is 1160. The van der Waals surface area contributed by atoms with Crippen molar-refractivity contribution in [2.24, 2.45) is 0 Å². The van der Waals surface area contributed by atoms with Gasteiger partial charge in [-0.05, 0) is 22.3 Å². The monoisotopic (exact) mass is 467 g/mol. The van der Waals surface area contributed by atoms with E-state index in [1.165, 1.54) is 7.11 Å². The molecule has 3 N–H and O–H groups in total. The zero-order valence-corrected chi connectivity index (χ0v) is 18.0. The topological polar surface area (TPSA) is 149 Å². The Morgan fingerprint density at radius 1 is 1.09 bits per heavy atom. The lowest BCUT2D eigenvalue weighted by Crippen LogP contribution is -2.37. The number of methoxy groups -OCH3 is 1. The molecule has 176 valence electrons. The van der Waals surface area contributed by atoms with E-state index in [2.05, 4.69) is 10.5 Å². The summed E-state index contributed by atoms with van der Waals surface area (Å²) in [5, 5.41) is 14.9. The van der Waals surface area contributed by atoms with Gasteiger partial charge in [-0.2, -0.15) is 0 Å². The number of anilines is 1. The van der Waals surface area contributed by atoms with Crippen molar-refractivity contribution in [3.63, 3.8) is 0 Å². The maximum Gasteiger partial charge on any atom is 0.414 e. The van der Waals surface area contributed by atoms with Gasteiger partial charge < -0.3 is 19.1 Å². The van der Waals surface area contributed by atoms with Gasteiger partial charge in [0.05, 0.1) is 6.61 Å². The molecule has 2 aromatic carbocycles. The van der Waals surface area contributed by atoms with E-state index >= 15 is 0 Å². The van der Waals surface area contributed by atoms with Gasteiger partial charge in [0.25, 0.3) is 5.91 Å². The molecule has 2 amide bonds. The number of ether oxygens (including phenoxy) is 2. The first kappa shape index (κ1) is 23.0. The molecule has 4 rings (SSSR count). The normalized spacial score (nSPS) is 13.0. The summed E-state index contributed by atoms with van der Waals surface area (Å²) >= 11 is 0. The number of carbonyl (C=O) groups is 3. The number of carbonyl (C=O) groups excluding carboxylic acids is 2. The van der Waals surface area contributed by atoms with Gasteiger partial charge >= 0.3 is 12.1 Å². The molecule has 11 heteroatoms. The van der Waals surface area contributed by atoms with Gasteiger partial charge in [0.15, 0.2) is 5.69 Å². The van der Waals surface area contributed by atoms with Crippen LogP contribution >= 0.6 is 0 Å². The molecular formula is C23H21N3O8. The van der Waals surface area contributed by atoms with Crippen LogP contribution in [0.5, 0.6) is 0 Å². The molecule has 0 saturated heterocycles. The summed E-state index contributed by atoms with van der Waals surface area (Å²) in [7, 11) is 1.29. The van der Waals surface area contributed by atoms with Crippen LogP contribution in [0.15, 0.2) is 59.1 Å². The van der Waals surface area contributed by atoms with E-state index in [0.717, 1.165) is 28.3 Å². The number of hydrogen-bond acceptors (Lipinski definition) is 8. The van der Waals surface area contributed by atoms with Crippen LogP contribution < -0.4 is 10.8 Å². The van der Waals surface area contributed by atoms with Gasteiger partial charge in [-0.25, -0.2) is 15.1 Å². The molecule has 0 bridgehead atoms. The SMILES string of the molecule is COCC(ONC(=O)c1cc(NC(=O)OCC2c3ccccc3-c3ccccc32)on1)C(=O)O. The van der Waals surface area contributed by atoms with Crippen LogP contribution in [0.2, 0.25) is 0 Å². The van der Waals surface area contributed by atoms with E-state index in [0.29, 0.717) is 0 Å². The molecule has 34 heavy (non-hydrogen) atoms. The number of benzene rings is 2. The Hall–Kier alpha value is -4.22. The second-order valence-electron chi connectivity index (χ2n) is 7.36. The number of nitrogens with zero attached hydrogens (tertiary/aromatic N) is 1. The predicted molar refractivity (Wildman–Crippen MR) is 117 cm³/mol. The molecule has 1 aromatic heterocycles. The first-order valence-electron chi connectivity index (χ1n) is 10.2. The number of aliphatic carboxylic acids is 1. The lowest BCUT2D eigenvalue weighted by molar-refractivity contribution is -0.158. The van der Waals surface area contributed by atoms with Crippen LogP contribution in [-0.4, -0.2) is 54.7 Å². The summed E-state index contributed by atoms with van der Waals surface area (Å²) < 4.78 is 15.0. The summed E-state index contributed by atoms with van der Waals surface area (Å²) in [4.78, 5) is 40.2. The van der Waals surface area contributed by atoms with Gasteiger partial charge in [0, 0.05) is 19.1 Å². The number of hydrogen-bond donors (Lipinski definition) is 3. The molecule has 0 spiro atoms. The number of carboxylic acid groups (broad SMARTS) is 1. The fraction of sp³-hybridized carbons (Fsp3) is 0.217. The van der Waals surface area contributed by atoms with Crippen molar-refractivity contribution in [3.8, 4) is 11.1 Å². The quantitative estimate of drug-likeness (QED) is 0.404. The molecule has 0 radical (unpaired) electrons. The molecule has 1 unspecified atom stereocenters. The minimum atomic E-state index is -1.40. The van der Waals surface area contributed by atoms with Gasteiger partial charge in [0.1, 0.15) is 6.61 Å². The molecule has 3 aromatic rings. The first-order valence-corrected chi connectivity index (χ1v) is 10.2. The summed E-state index contributed by atoms with van der Waals surface area (Å²) in [6.45, 7) is -0.172. The summed E-state index contributed by atoms with van der Waals surface area (Å²) in [6, 6.07) is 17.0. The molecule has 1 aliphatic rings. The predicted octanol–water partition coefficient (Wildman–Crippen LogP) is 2.80. The number of amides is 2. The third-order valence-electron chi connectivity index (χ3n) is 5.20. The van der Waals surface area contributed by atoms with E-state index in [4.69, 9.17) is 23.9 Å². The van der Waals surface area contributed by atoms with Crippen LogP contribution in [0, 0.1) is 0 Å². The van der Waals surface area contributed by atoms with E-state index in [1.54, 1.807) is 0 Å². The number of hydroxylamine groups is 1. The summed E-state index contributed by atoms with van der Waals surface area (Å²) in [6.07, 6.45) is -2.19. The molecule has 1 aliphatic carbocycles. The fourth-order valence-electron chi connectivity index (χ4n) is 3.66. The van der Waals surface area contributed by atoms with Crippen LogP contribution in [0.25, 0.3) is 11.1 Å². The van der Waals surface area contributed by atoms with Crippen molar-refractivity contribution in [2.45, 2.75) is 12.0 Å². The average Bonchev–Trinajstić information content (AvgIpc) is 3.43. The van der Waals surface area contributed by atoms with E-state index in [-0.39, 0.29) is 30.7 Å². The number of aromatic nitrogens is 1. The fourth-order valence-corrected chi connectivity index (χ4v) is 3.66. The van der Waals surface area contributed by atoms with Crippen molar-refractivity contribution in [2.75, 3.05) is 25.6 Å². The standard InChI is InChI=1S/C23H21N3O8/c1-31-12-19(22(28)29)33-26-21(27)18-10-20(34-25-18)24-23(30)32-11-17-15-8-4-2-6-13(15)14-7-3-5-9-16(14)17/h2-10,17,19H,11-12H2,1H3,(H,24,30)(H,26,27)(H,28,29). The Morgan fingerprint density at radius 2 is 1.74 bits per heavy atom. The summed E-state index contributed by atoms with van der Waals surface area (Å²) in [5.41, 5.74) is 6.07. The highest BCUT2D eigenvalue weighted by molar-refractivity contribution is 5.93. The van der Waals surface area contributed by atoms with Crippen molar-refractivity contribution < 1.29 is 38.3 Å². The Balaban J connectivity index is 1.33. The largest absolute Gasteiger partial charge is 0.479 e. The van der Waals surface area contributed by atoms with Crippen LogP contribution in [-0.2, 0) is 19.1 Å². The third-order valence-corrected chi connectivity index (χ3v) is 5.20. The van der Waals surface area contributed by atoms with Gasteiger partial charge in [0.2, 0.25) is 12.0 Å². The van der Waals surface area contributed by atoms with Crippen LogP contribution in [0.1, 0.15) is 27.5 Å². The number of rotatable bonds is 9. The number of carboxylic acids is 1. The first-order chi connectivity index (χ1) is 16.5. The highest BCUT2D eigenvalue weighted by atomic mass is 16.7. The smallest absolute Gasteiger partial charge is 0.414 e. The Kier molecular flexibility index (Phi) is 6.85. The van der Waals surface area contributed by atoms with Crippen LogP contribution in [0.3, 0.4) is 0 Å². The van der Waals surface area contributed by atoms with Gasteiger partial charge in [-0.15, -0.1) is 0 Å². The third kappa shape index (κ3) is 4.90. The second kappa shape index (κ2) is 10.1. The number of nitrogens with one attached hydrogen (secondary N) is 2. The van der Waals surface area contributed by atoms with Crippen molar-refractivity contribution >= 4 is 23.9 Å². The highest BCUT2D eigenvalue weighted by Crippen LogP contribution is 2.44. The van der Waals surface area contributed by atoms with E-state index < -0.39 is 24.1 Å². The zero-order valence-electron chi connectivity index (χ0n) is 18.0. The molecule has 0 saturated carbocycles. The molecule has 0 aliphatic heterocycles. The van der Waals surface area contributed by atoms with E-state index in [1.807, 2.05) is 54.0 Å². The Morgan fingerprint density at radius 3 is 2.35 bits per heavy atom. The van der Waals surface area contributed by atoms with Gasteiger partial charge in [-0.1, -0.05) is 53.7 Å². The van der Waals surface area contributed by atoms with Crippen molar-refractivity contribution in [1.82, 2.24) is 10.6 Å². The maximum absolute atomic E-state index is 12.3. The molecule has 1 heterocycles. The lowest BCUT2D eigenvalue weighted by Gasteiger charge is -2.13. The van der Waals surface area contributed by atoms with Crippen LogP contribution in [0.4, 0.5) is 10.7 Å². The average molecular weight is 467 g/mol. The minimum absolute atomic E-state index is 0.102. The van der Waals surface area contributed by atoms with E-state index in [9.17, 15) is 14.4 Å². The van der Waals surface area contributed by atoms with Gasteiger partial charge in [-0.3, -0.25) is 14.9 Å². The molecule has 1 atom stereocenters. The minimum Gasteiger partial charge on any atom is -0.479 e. The Labute approximate surface area is 193 Å². The highest BCUT2D eigenvalue weighted by Gasteiger charge is 2.29. The summed E-state index contributed by atoms with van der Waals surface area (Å²) in [5.74, 6) is -2.43. The second-order valence-corrected chi connectivity index (χ2v) is 7.36. The zero-order chi connectivity index (χ0) is 24.1. The lowest BCUT2D eigenvalue weighted by atomic mass is 9.98. The number of fused-ring (bicyclic) bond motifs is 3. The van der Waals surface area contributed by atoms with Crippen molar-refractivity contribution in [1.29, 1.82) is 0 Å². The molecule has 0 fully saturated rings. The molecule has 11 nitrogen and oxygen atoms in total. The maximum atomic E-state index is 12.3. The van der Waals surface area contributed by atoms with Crippen molar-refractivity contribution in [3.05, 3.63) is 71.4 Å². The molecular weight excluding hydrogens is 446 g/mol.